The fourth-order valence-electron chi connectivity index (χ4n) is 1.73. The highest BCUT2D eigenvalue weighted by atomic mass is 32.2. The van der Waals surface area contributed by atoms with Crippen LogP contribution in [-0.4, -0.2) is 37.7 Å². The molecule has 0 bridgehead atoms. The molecule has 0 spiro atoms. The van der Waals surface area contributed by atoms with Crippen molar-refractivity contribution in [2.24, 2.45) is 0 Å². The van der Waals surface area contributed by atoms with Gasteiger partial charge in [0.25, 0.3) is 5.91 Å². The smallest absolute Gasteiger partial charge is 0.303 e. The highest BCUT2D eigenvalue weighted by Crippen LogP contribution is 2.12. The number of anilines is 1. The first-order valence-corrected chi connectivity index (χ1v) is 8.60. The van der Waals surface area contributed by atoms with Gasteiger partial charge in [-0.2, -0.15) is 0 Å². The third kappa shape index (κ3) is 6.57. The van der Waals surface area contributed by atoms with Gasteiger partial charge in [0.1, 0.15) is 0 Å². The second-order valence-electron chi connectivity index (χ2n) is 4.75. The van der Waals surface area contributed by atoms with E-state index in [1.165, 1.54) is 24.3 Å². The molecule has 7 nitrogen and oxygen atoms in total. The van der Waals surface area contributed by atoms with Crippen LogP contribution in [0.3, 0.4) is 0 Å². The Hall–Kier alpha value is -2.09. The molecule has 0 atom stereocenters. The summed E-state index contributed by atoms with van der Waals surface area (Å²) in [5.74, 6) is -1.19. The molecule has 0 unspecified atom stereocenters. The van der Waals surface area contributed by atoms with Crippen molar-refractivity contribution in [1.82, 2.24) is 5.32 Å². The van der Waals surface area contributed by atoms with Crippen molar-refractivity contribution >= 4 is 27.6 Å². The Morgan fingerprint density at radius 2 is 1.82 bits per heavy atom. The van der Waals surface area contributed by atoms with Crippen LogP contribution in [0.2, 0.25) is 0 Å². The number of carbonyl (C=O) groups excluding carboxylic acids is 1. The van der Waals surface area contributed by atoms with E-state index in [0.29, 0.717) is 24.1 Å². The van der Waals surface area contributed by atoms with Crippen LogP contribution in [0.5, 0.6) is 0 Å². The molecule has 0 heterocycles. The minimum absolute atomic E-state index is 0.00156. The zero-order valence-corrected chi connectivity index (χ0v) is 13.1. The van der Waals surface area contributed by atoms with Gasteiger partial charge in [0.05, 0.1) is 5.75 Å². The second-order valence-corrected chi connectivity index (χ2v) is 6.59. The van der Waals surface area contributed by atoms with Gasteiger partial charge in [-0.25, -0.2) is 8.42 Å². The SMILES string of the molecule is CCCS(=O)(=O)Nc1ccc(C(=O)NCCCC(=O)O)cc1. The molecular weight excluding hydrogens is 308 g/mol. The van der Waals surface area contributed by atoms with Crippen LogP contribution in [0.15, 0.2) is 24.3 Å². The molecule has 0 aliphatic rings. The van der Waals surface area contributed by atoms with Crippen molar-refractivity contribution in [3.8, 4) is 0 Å². The molecule has 0 aromatic heterocycles. The molecule has 0 aliphatic carbocycles. The zero-order chi connectivity index (χ0) is 16.6. The van der Waals surface area contributed by atoms with Crippen molar-refractivity contribution in [1.29, 1.82) is 0 Å². The van der Waals surface area contributed by atoms with Gasteiger partial charge in [-0.1, -0.05) is 6.92 Å². The van der Waals surface area contributed by atoms with E-state index >= 15 is 0 Å². The molecule has 0 saturated heterocycles. The average Bonchev–Trinajstić information content (AvgIpc) is 2.43. The van der Waals surface area contributed by atoms with Crippen LogP contribution >= 0.6 is 0 Å². The summed E-state index contributed by atoms with van der Waals surface area (Å²) in [5, 5.41) is 11.1. The third-order valence-electron chi connectivity index (χ3n) is 2.75. The minimum atomic E-state index is -3.35. The van der Waals surface area contributed by atoms with Gasteiger partial charge in [0.2, 0.25) is 10.0 Å². The summed E-state index contributed by atoms with van der Waals surface area (Å²) in [4.78, 5) is 22.1. The van der Waals surface area contributed by atoms with Gasteiger partial charge in [-0.15, -0.1) is 0 Å². The molecule has 0 radical (unpaired) electrons. The Balaban J connectivity index is 2.53. The first-order chi connectivity index (χ1) is 10.3. The second kappa shape index (κ2) is 8.38. The number of nitrogens with one attached hydrogen (secondary N) is 2. The molecule has 8 heteroatoms. The van der Waals surface area contributed by atoms with Gasteiger partial charge in [0, 0.05) is 24.2 Å². The van der Waals surface area contributed by atoms with Crippen molar-refractivity contribution in [2.45, 2.75) is 26.2 Å². The summed E-state index contributed by atoms with van der Waals surface area (Å²) >= 11 is 0. The van der Waals surface area contributed by atoms with E-state index in [0.717, 1.165) is 0 Å². The standard InChI is InChI=1S/C14H20N2O5S/c1-2-10-22(20,21)16-12-7-5-11(6-8-12)14(19)15-9-3-4-13(17)18/h5-8,16H,2-4,9-10H2,1H3,(H,15,19)(H,17,18). The number of hydrogen-bond donors (Lipinski definition) is 3. The van der Waals surface area contributed by atoms with Crippen molar-refractivity contribution < 1.29 is 23.1 Å². The number of hydrogen-bond acceptors (Lipinski definition) is 4. The van der Waals surface area contributed by atoms with E-state index in [-0.39, 0.29) is 24.6 Å². The maximum atomic E-state index is 11.8. The molecule has 0 aliphatic heterocycles. The van der Waals surface area contributed by atoms with Crippen molar-refractivity contribution in [3.05, 3.63) is 29.8 Å². The zero-order valence-electron chi connectivity index (χ0n) is 12.3. The number of rotatable bonds is 9. The molecule has 22 heavy (non-hydrogen) atoms. The highest BCUT2D eigenvalue weighted by Gasteiger charge is 2.10. The lowest BCUT2D eigenvalue weighted by Crippen LogP contribution is -2.24. The number of carboxylic acid groups (broad SMARTS) is 1. The summed E-state index contributed by atoms with van der Waals surface area (Å²) in [6.45, 7) is 2.05. The number of carboxylic acids is 1. The third-order valence-corrected chi connectivity index (χ3v) is 4.24. The number of carbonyl (C=O) groups is 2. The van der Waals surface area contributed by atoms with Crippen LogP contribution in [-0.2, 0) is 14.8 Å². The first kappa shape index (κ1) is 18.0. The molecule has 122 valence electrons. The Kier molecular flexibility index (Phi) is 6.84. The van der Waals surface area contributed by atoms with Gasteiger partial charge >= 0.3 is 5.97 Å². The number of aliphatic carboxylic acids is 1. The fraction of sp³-hybridized carbons (Fsp3) is 0.429. The van der Waals surface area contributed by atoms with Crippen LogP contribution in [0, 0.1) is 0 Å². The number of benzene rings is 1. The summed E-state index contributed by atoms with van der Waals surface area (Å²) < 4.78 is 25.6. The predicted molar refractivity (Wildman–Crippen MR) is 83.3 cm³/mol. The van der Waals surface area contributed by atoms with Crippen molar-refractivity contribution in [2.75, 3.05) is 17.0 Å². The Morgan fingerprint density at radius 3 is 2.36 bits per heavy atom. The monoisotopic (exact) mass is 328 g/mol. The van der Waals surface area contributed by atoms with E-state index in [1.54, 1.807) is 6.92 Å². The van der Waals surface area contributed by atoms with E-state index in [1.807, 2.05) is 0 Å². The lowest BCUT2D eigenvalue weighted by atomic mass is 10.2. The minimum Gasteiger partial charge on any atom is -0.481 e. The van der Waals surface area contributed by atoms with Crippen molar-refractivity contribution in [3.63, 3.8) is 0 Å². The number of amides is 1. The van der Waals surface area contributed by atoms with Gasteiger partial charge in [-0.3, -0.25) is 14.3 Å². The predicted octanol–water partition coefficient (Wildman–Crippen LogP) is 1.43. The molecule has 1 aromatic rings. The molecule has 3 N–H and O–H groups in total. The Labute approximate surface area is 129 Å². The van der Waals surface area contributed by atoms with Crippen LogP contribution in [0.1, 0.15) is 36.5 Å². The Morgan fingerprint density at radius 1 is 1.18 bits per heavy atom. The lowest BCUT2D eigenvalue weighted by molar-refractivity contribution is -0.137. The lowest BCUT2D eigenvalue weighted by Gasteiger charge is -2.08. The number of sulfonamides is 1. The first-order valence-electron chi connectivity index (χ1n) is 6.94. The molecular formula is C14H20N2O5S. The summed E-state index contributed by atoms with van der Waals surface area (Å²) in [6, 6.07) is 6.05. The van der Waals surface area contributed by atoms with Gasteiger partial charge in [0.15, 0.2) is 0 Å². The average molecular weight is 328 g/mol. The molecule has 1 amide bonds. The quantitative estimate of drug-likeness (QED) is 0.594. The Bertz CT molecular complexity index is 611. The maximum absolute atomic E-state index is 11.8. The molecule has 1 rings (SSSR count). The van der Waals surface area contributed by atoms with E-state index in [2.05, 4.69) is 10.0 Å². The van der Waals surface area contributed by atoms with Gasteiger partial charge in [-0.05, 0) is 37.1 Å². The van der Waals surface area contributed by atoms with E-state index < -0.39 is 16.0 Å². The van der Waals surface area contributed by atoms with Crippen LogP contribution < -0.4 is 10.0 Å². The highest BCUT2D eigenvalue weighted by molar-refractivity contribution is 7.92. The van der Waals surface area contributed by atoms with Crippen LogP contribution in [0.25, 0.3) is 0 Å². The molecule has 0 saturated carbocycles. The topological polar surface area (TPSA) is 113 Å². The normalized spacial score (nSPS) is 11.0. The summed E-state index contributed by atoms with van der Waals surface area (Å²) in [6.07, 6.45) is 0.876. The summed E-state index contributed by atoms with van der Waals surface area (Å²) in [7, 11) is -3.35. The largest absolute Gasteiger partial charge is 0.481 e. The molecule has 0 fully saturated rings. The van der Waals surface area contributed by atoms with Gasteiger partial charge < -0.3 is 10.4 Å². The summed E-state index contributed by atoms with van der Waals surface area (Å²) in [5.41, 5.74) is 0.782. The molecule has 1 aromatic carbocycles. The van der Waals surface area contributed by atoms with E-state index in [4.69, 9.17) is 5.11 Å². The fourth-order valence-corrected chi connectivity index (χ4v) is 2.87. The van der Waals surface area contributed by atoms with Crippen LogP contribution in [0.4, 0.5) is 5.69 Å². The van der Waals surface area contributed by atoms with E-state index in [9.17, 15) is 18.0 Å². The maximum Gasteiger partial charge on any atom is 0.303 e.